The second-order valence-corrected chi connectivity index (χ2v) is 10.3. The first-order chi connectivity index (χ1) is 17.3. The molecule has 0 amide bonds. The number of nitrogen functional groups attached to an aromatic ring is 1. The third-order valence-corrected chi connectivity index (χ3v) is 6.08. The smallest absolute Gasteiger partial charge is 0.323 e. The molecule has 5 atom stereocenters. The molecule has 1 aliphatic heterocycles. The van der Waals surface area contributed by atoms with Gasteiger partial charge in [-0.1, -0.05) is 13.8 Å². The normalized spacial score (nSPS) is 25.2. The first kappa shape index (κ1) is 28.4. The van der Waals surface area contributed by atoms with Gasteiger partial charge in [0.2, 0.25) is 0 Å². The molecule has 0 radical (unpaired) electrons. The number of hydrogen-bond acceptors (Lipinski definition) is 12. The van der Waals surface area contributed by atoms with Gasteiger partial charge in [0.1, 0.15) is 30.1 Å². The fraction of sp³-hybridized carbons (Fsp3) is 0.625. The van der Waals surface area contributed by atoms with Crippen molar-refractivity contribution >= 4 is 29.5 Å². The van der Waals surface area contributed by atoms with E-state index in [0.717, 1.165) is 0 Å². The van der Waals surface area contributed by atoms with E-state index in [2.05, 4.69) is 15.1 Å². The summed E-state index contributed by atoms with van der Waals surface area (Å²) in [4.78, 5) is 32.9. The molecule has 0 bridgehead atoms. The molecule has 13 nitrogen and oxygen atoms in total. The second-order valence-electron chi connectivity index (χ2n) is 10.3. The molecule has 37 heavy (non-hydrogen) atoms. The number of aliphatic hydroxyl groups is 1. The van der Waals surface area contributed by atoms with Crippen molar-refractivity contribution in [1.82, 2.24) is 14.6 Å². The van der Waals surface area contributed by atoms with Crippen molar-refractivity contribution in [1.29, 1.82) is 0 Å². The predicted octanol–water partition coefficient (Wildman–Crippen LogP) is 0.426. The number of carbonyl (C=O) groups excluding carboxylic acids is 2. The SMILES string of the molecule is CN=C[C@@]1(c2ccc3c(N)ncnn23)O[C@H](COCOC(=O)C(C)(C)C)[C@@H](OC(=O)[C@@H](N)C(C)C)[C@H]1O. The molecule has 1 saturated heterocycles. The Morgan fingerprint density at radius 2 is 2.05 bits per heavy atom. The Hall–Kier alpha value is -3.13. The number of aromatic nitrogens is 3. The van der Waals surface area contributed by atoms with Crippen LogP contribution in [-0.4, -0.2) is 82.7 Å². The summed E-state index contributed by atoms with van der Waals surface area (Å²) in [6.07, 6.45) is -0.930. The van der Waals surface area contributed by atoms with Crippen molar-refractivity contribution in [3.63, 3.8) is 0 Å². The monoisotopic (exact) mass is 520 g/mol. The standard InChI is InChI=1S/C24H36N6O7/c1-13(2)17(25)21(32)36-18-15(9-34-12-35-22(33)23(3,4)5)37-24(10-27-6,19(18)31)16-8-7-14-20(26)28-11-29-30(14)16/h7-8,10-11,13,15,17-19,31H,9,12,25H2,1-6H3,(H2,26,28,29)/t15-,17+,18-,19-,24+/m1/s1. The van der Waals surface area contributed by atoms with Gasteiger partial charge in [-0.3, -0.25) is 14.6 Å². The number of aliphatic hydroxyl groups excluding tert-OH is 1. The minimum absolute atomic E-state index is 0.177. The summed E-state index contributed by atoms with van der Waals surface area (Å²) in [6, 6.07) is 2.42. The first-order valence-electron chi connectivity index (χ1n) is 11.9. The largest absolute Gasteiger partial charge is 0.455 e. The highest BCUT2D eigenvalue weighted by molar-refractivity contribution is 5.78. The van der Waals surface area contributed by atoms with E-state index < -0.39 is 47.3 Å². The van der Waals surface area contributed by atoms with E-state index in [1.807, 2.05) is 0 Å². The number of ether oxygens (including phenoxy) is 4. The second kappa shape index (κ2) is 11.1. The lowest BCUT2D eigenvalue weighted by Crippen LogP contribution is -2.47. The number of hydrogen-bond donors (Lipinski definition) is 3. The number of fused-ring (bicyclic) bond motifs is 1. The van der Waals surface area contributed by atoms with Crippen LogP contribution in [0.2, 0.25) is 0 Å². The molecule has 0 spiro atoms. The molecule has 3 heterocycles. The molecule has 204 valence electrons. The molecule has 0 aromatic carbocycles. The van der Waals surface area contributed by atoms with Gasteiger partial charge in [0.25, 0.3) is 0 Å². The lowest BCUT2D eigenvalue weighted by Gasteiger charge is -2.28. The van der Waals surface area contributed by atoms with Gasteiger partial charge in [-0.15, -0.1) is 0 Å². The van der Waals surface area contributed by atoms with Crippen molar-refractivity contribution in [3.8, 4) is 0 Å². The summed E-state index contributed by atoms with van der Waals surface area (Å²) in [5, 5.41) is 15.8. The van der Waals surface area contributed by atoms with E-state index in [-0.39, 0.29) is 25.1 Å². The molecule has 5 N–H and O–H groups in total. The van der Waals surface area contributed by atoms with Gasteiger partial charge in [-0.05, 0) is 38.8 Å². The lowest BCUT2D eigenvalue weighted by atomic mass is 9.92. The van der Waals surface area contributed by atoms with Crippen LogP contribution in [0.15, 0.2) is 23.5 Å². The molecular weight excluding hydrogens is 484 g/mol. The Balaban J connectivity index is 1.94. The van der Waals surface area contributed by atoms with Crippen LogP contribution < -0.4 is 11.5 Å². The van der Waals surface area contributed by atoms with Crippen molar-refractivity contribution < 1.29 is 33.6 Å². The van der Waals surface area contributed by atoms with Crippen LogP contribution in [0.3, 0.4) is 0 Å². The highest BCUT2D eigenvalue weighted by Crippen LogP contribution is 2.41. The Morgan fingerprint density at radius 1 is 1.35 bits per heavy atom. The number of anilines is 1. The molecule has 13 heteroatoms. The van der Waals surface area contributed by atoms with Crippen molar-refractivity contribution in [3.05, 3.63) is 24.2 Å². The fourth-order valence-corrected chi connectivity index (χ4v) is 3.89. The average Bonchev–Trinajstić information content (AvgIpc) is 3.37. The van der Waals surface area contributed by atoms with E-state index in [1.54, 1.807) is 46.8 Å². The Bertz CT molecular complexity index is 1140. The zero-order valence-electron chi connectivity index (χ0n) is 22.0. The van der Waals surface area contributed by atoms with E-state index in [0.29, 0.717) is 11.2 Å². The molecule has 2 aromatic heterocycles. The summed E-state index contributed by atoms with van der Waals surface area (Å²) in [6.45, 7) is 8.18. The quantitative estimate of drug-likeness (QED) is 0.180. The molecule has 2 aromatic rings. The Morgan fingerprint density at radius 3 is 2.68 bits per heavy atom. The molecule has 0 aliphatic carbocycles. The van der Waals surface area contributed by atoms with Gasteiger partial charge in [0.05, 0.1) is 17.7 Å². The van der Waals surface area contributed by atoms with Gasteiger partial charge in [-0.2, -0.15) is 5.10 Å². The number of nitrogens with two attached hydrogens (primary N) is 2. The van der Waals surface area contributed by atoms with E-state index in [1.165, 1.54) is 24.1 Å². The van der Waals surface area contributed by atoms with Crippen LogP contribution in [0.5, 0.6) is 0 Å². The first-order valence-corrected chi connectivity index (χ1v) is 11.9. The molecule has 1 aliphatic rings. The van der Waals surface area contributed by atoms with Gasteiger partial charge in [0, 0.05) is 13.3 Å². The molecule has 0 saturated carbocycles. The van der Waals surface area contributed by atoms with E-state index in [4.69, 9.17) is 30.4 Å². The summed E-state index contributed by atoms with van der Waals surface area (Å²) >= 11 is 0. The number of aliphatic imine (C=N–C) groups is 1. The molecular formula is C24H36N6O7. The highest BCUT2D eigenvalue weighted by Gasteiger charge is 2.58. The third kappa shape index (κ3) is 5.74. The molecule has 0 unspecified atom stereocenters. The number of carbonyl (C=O) groups is 2. The third-order valence-electron chi connectivity index (χ3n) is 6.08. The molecule has 3 rings (SSSR count). The number of nitrogens with zero attached hydrogens (tertiary/aromatic N) is 4. The maximum Gasteiger partial charge on any atom is 0.323 e. The summed E-state index contributed by atoms with van der Waals surface area (Å²) in [7, 11) is 1.52. The van der Waals surface area contributed by atoms with Crippen molar-refractivity contribution in [2.45, 2.75) is 64.6 Å². The van der Waals surface area contributed by atoms with Gasteiger partial charge in [0.15, 0.2) is 24.3 Å². The zero-order chi connectivity index (χ0) is 27.5. The van der Waals surface area contributed by atoms with Crippen LogP contribution in [0.1, 0.15) is 40.3 Å². The predicted molar refractivity (Wildman–Crippen MR) is 133 cm³/mol. The minimum Gasteiger partial charge on any atom is -0.455 e. The minimum atomic E-state index is -1.59. The average molecular weight is 521 g/mol. The van der Waals surface area contributed by atoms with Crippen LogP contribution in [-0.2, 0) is 34.1 Å². The van der Waals surface area contributed by atoms with E-state index in [9.17, 15) is 14.7 Å². The van der Waals surface area contributed by atoms with Gasteiger partial charge < -0.3 is 35.5 Å². The lowest BCUT2D eigenvalue weighted by molar-refractivity contribution is -0.172. The number of esters is 2. The summed E-state index contributed by atoms with van der Waals surface area (Å²) in [5.41, 5.74) is 10.5. The van der Waals surface area contributed by atoms with E-state index >= 15 is 0 Å². The van der Waals surface area contributed by atoms with Crippen LogP contribution in [0.4, 0.5) is 5.82 Å². The van der Waals surface area contributed by atoms with Crippen molar-refractivity contribution in [2.24, 2.45) is 22.1 Å². The highest BCUT2D eigenvalue weighted by atomic mass is 16.7. The summed E-state index contributed by atoms with van der Waals surface area (Å²) < 4.78 is 24.2. The Kier molecular flexibility index (Phi) is 8.52. The maximum atomic E-state index is 12.8. The maximum absolute atomic E-state index is 12.8. The van der Waals surface area contributed by atoms with Crippen molar-refractivity contribution in [2.75, 3.05) is 26.2 Å². The zero-order valence-corrected chi connectivity index (χ0v) is 22.0. The van der Waals surface area contributed by atoms with Crippen LogP contribution >= 0.6 is 0 Å². The topological polar surface area (TPSA) is 186 Å². The van der Waals surface area contributed by atoms with Gasteiger partial charge >= 0.3 is 11.9 Å². The number of rotatable bonds is 9. The molecule has 1 fully saturated rings. The van der Waals surface area contributed by atoms with Crippen LogP contribution in [0, 0.1) is 11.3 Å². The van der Waals surface area contributed by atoms with Crippen LogP contribution in [0.25, 0.3) is 5.52 Å². The fourth-order valence-electron chi connectivity index (χ4n) is 3.89. The Labute approximate surface area is 215 Å². The van der Waals surface area contributed by atoms with Gasteiger partial charge in [-0.25, -0.2) is 9.50 Å². The summed E-state index contributed by atoms with van der Waals surface area (Å²) in [5.74, 6) is -1.13.